The number of carbonyl (C=O) groups is 1. The Balaban J connectivity index is 1.75. The average Bonchev–Trinajstić information content (AvgIpc) is 2.67. The molecule has 4 heteroatoms. The van der Waals surface area contributed by atoms with Gasteiger partial charge in [-0.1, -0.05) is 50.2 Å². The fourth-order valence-corrected chi connectivity index (χ4v) is 3.00. The number of pyridine rings is 1. The number of nitrogens with zero attached hydrogens (tertiary/aromatic N) is 1. The molecule has 4 nitrogen and oxygen atoms in total. The highest BCUT2D eigenvalue weighted by atomic mass is 16.5. The van der Waals surface area contributed by atoms with E-state index in [1.165, 1.54) is 0 Å². The van der Waals surface area contributed by atoms with E-state index in [0.29, 0.717) is 5.75 Å². The Kier molecular flexibility index (Phi) is 5.52. The number of ether oxygens (including phenoxy) is 1. The minimum absolute atomic E-state index is 0.159. The van der Waals surface area contributed by atoms with Crippen LogP contribution in [-0.2, 0) is 17.6 Å². The monoisotopic (exact) mass is 348 g/mol. The second kappa shape index (κ2) is 8.00. The SMILES string of the molecule is CCc1cccc(CC)c1NC(=O)[C@H](C)Oc1cnc2ccccc2c1. The zero-order valence-electron chi connectivity index (χ0n) is 15.5. The first-order valence-corrected chi connectivity index (χ1v) is 9.05. The zero-order chi connectivity index (χ0) is 18.5. The van der Waals surface area contributed by atoms with Crippen molar-refractivity contribution in [1.29, 1.82) is 0 Å². The lowest BCUT2D eigenvalue weighted by Crippen LogP contribution is -2.31. The molecule has 0 fully saturated rings. The summed E-state index contributed by atoms with van der Waals surface area (Å²) in [4.78, 5) is 17.0. The minimum Gasteiger partial charge on any atom is -0.479 e. The Morgan fingerprint density at radius 2 is 1.77 bits per heavy atom. The number of nitrogens with one attached hydrogen (secondary N) is 1. The van der Waals surface area contributed by atoms with Gasteiger partial charge < -0.3 is 10.1 Å². The summed E-state index contributed by atoms with van der Waals surface area (Å²) in [5, 5.41) is 4.04. The molecular formula is C22H24N2O2. The van der Waals surface area contributed by atoms with Crippen molar-refractivity contribution in [1.82, 2.24) is 4.98 Å². The molecule has 0 unspecified atom stereocenters. The van der Waals surface area contributed by atoms with Crippen LogP contribution in [-0.4, -0.2) is 17.0 Å². The second-order valence-electron chi connectivity index (χ2n) is 6.27. The van der Waals surface area contributed by atoms with Crippen LogP contribution in [0.2, 0.25) is 0 Å². The molecule has 0 bridgehead atoms. The average molecular weight is 348 g/mol. The van der Waals surface area contributed by atoms with Crippen LogP contribution in [0.4, 0.5) is 5.69 Å². The maximum Gasteiger partial charge on any atom is 0.265 e. The number of amides is 1. The van der Waals surface area contributed by atoms with Gasteiger partial charge in [-0.15, -0.1) is 0 Å². The van der Waals surface area contributed by atoms with Crippen molar-refractivity contribution >= 4 is 22.5 Å². The summed E-state index contributed by atoms with van der Waals surface area (Å²) in [6, 6.07) is 15.9. The van der Waals surface area contributed by atoms with E-state index in [9.17, 15) is 4.79 Å². The Bertz CT molecular complexity index is 899. The number of para-hydroxylation sites is 2. The van der Waals surface area contributed by atoms with Crippen molar-refractivity contribution < 1.29 is 9.53 Å². The minimum atomic E-state index is -0.618. The molecular weight excluding hydrogens is 324 g/mol. The Labute approximate surface area is 154 Å². The van der Waals surface area contributed by atoms with Gasteiger partial charge in [-0.05, 0) is 43.0 Å². The van der Waals surface area contributed by atoms with Crippen LogP contribution in [0, 0.1) is 0 Å². The van der Waals surface area contributed by atoms with E-state index in [1.807, 2.05) is 48.5 Å². The molecule has 2 aromatic carbocycles. The zero-order valence-corrected chi connectivity index (χ0v) is 15.5. The van der Waals surface area contributed by atoms with Crippen molar-refractivity contribution in [3.63, 3.8) is 0 Å². The normalized spacial score (nSPS) is 12.0. The number of hydrogen-bond donors (Lipinski definition) is 1. The van der Waals surface area contributed by atoms with Crippen LogP contribution in [0.15, 0.2) is 54.7 Å². The molecule has 0 aliphatic carbocycles. The number of hydrogen-bond acceptors (Lipinski definition) is 3. The number of aryl methyl sites for hydroxylation is 2. The maximum atomic E-state index is 12.7. The third-order valence-electron chi connectivity index (χ3n) is 4.49. The molecule has 1 atom stereocenters. The van der Waals surface area contributed by atoms with Crippen LogP contribution in [0.5, 0.6) is 5.75 Å². The van der Waals surface area contributed by atoms with Gasteiger partial charge in [0.05, 0.1) is 11.7 Å². The fraction of sp³-hybridized carbons (Fsp3) is 0.273. The summed E-state index contributed by atoms with van der Waals surface area (Å²) < 4.78 is 5.83. The Morgan fingerprint density at radius 1 is 1.08 bits per heavy atom. The molecule has 3 rings (SSSR count). The van der Waals surface area contributed by atoms with E-state index in [4.69, 9.17) is 4.74 Å². The van der Waals surface area contributed by atoms with Crippen LogP contribution in [0.25, 0.3) is 10.9 Å². The van der Waals surface area contributed by atoms with Gasteiger partial charge in [0.1, 0.15) is 5.75 Å². The van der Waals surface area contributed by atoms with E-state index in [1.54, 1.807) is 13.1 Å². The van der Waals surface area contributed by atoms with E-state index >= 15 is 0 Å². The standard InChI is InChI=1S/C22H24N2O2/c1-4-16-10-8-11-17(5-2)21(16)24-22(25)15(3)26-19-13-18-9-6-7-12-20(18)23-14-19/h6-15H,4-5H2,1-3H3,(H,24,25)/t15-/m0/s1. The molecule has 0 saturated heterocycles. The molecule has 1 amide bonds. The van der Waals surface area contributed by atoms with Gasteiger partial charge in [0.2, 0.25) is 0 Å². The van der Waals surface area contributed by atoms with Crippen molar-refractivity contribution in [2.24, 2.45) is 0 Å². The number of carbonyl (C=O) groups excluding carboxylic acids is 1. The van der Waals surface area contributed by atoms with Gasteiger partial charge in [0, 0.05) is 11.1 Å². The number of fused-ring (bicyclic) bond motifs is 1. The first-order chi connectivity index (χ1) is 12.6. The first-order valence-electron chi connectivity index (χ1n) is 9.05. The molecule has 26 heavy (non-hydrogen) atoms. The van der Waals surface area contributed by atoms with Gasteiger partial charge in [0.15, 0.2) is 6.10 Å². The van der Waals surface area contributed by atoms with Crippen LogP contribution < -0.4 is 10.1 Å². The maximum absolute atomic E-state index is 12.7. The van der Waals surface area contributed by atoms with E-state index in [-0.39, 0.29) is 5.91 Å². The molecule has 1 N–H and O–H groups in total. The van der Waals surface area contributed by atoms with E-state index < -0.39 is 6.10 Å². The summed E-state index contributed by atoms with van der Waals surface area (Å²) in [6.45, 7) is 5.93. The lowest BCUT2D eigenvalue weighted by molar-refractivity contribution is -0.122. The van der Waals surface area contributed by atoms with Crippen molar-refractivity contribution in [2.75, 3.05) is 5.32 Å². The molecule has 0 saturated carbocycles. The molecule has 0 aliphatic rings. The molecule has 1 heterocycles. The predicted molar refractivity (Wildman–Crippen MR) is 106 cm³/mol. The molecule has 1 aromatic heterocycles. The van der Waals surface area contributed by atoms with Gasteiger partial charge >= 0.3 is 0 Å². The first kappa shape index (κ1) is 17.9. The largest absolute Gasteiger partial charge is 0.479 e. The second-order valence-corrected chi connectivity index (χ2v) is 6.27. The highest BCUT2D eigenvalue weighted by Crippen LogP contribution is 2.24. The molecule has 3 aromatic rings. The molecule has 134 valence electrons. The van der Waals surface area contributed by atoms with Crippen LogP contribution >= 0.6 is 0 Å². The van der Waals surface area contributed by atoms with Crippen molar-refractivity contribution in [2.45, 2.75) is 39.7 Å². The van der Waals surface area contributed by atoms with E-state index in [0.717, 1.165) is 40.6 Å². The van der Waals surface area contributed by atoms with E-state index in [2.05, 4.69) is 24.1 Å². The fourth-order valence-electron chi connectivity index (χ4n) is 3.00. The molecule has 0 aliphatic heterocycles. The number of anilines is 1. The third kappa shape index (κ3) is 3.85. The number of benzene rings is 2. The number of aromatic nitrogens is 1. The smallest absolute Gasteiger partial charge is 0.265 e. The molecule has 0 spiro atoms. The predicted octanol–water partition coefficient (Wildman–Crippen LogP) is 4.77. The van der Waals surface area contributed by atoms with Gasteiger partial charge in [-0.3, -0.25) is 9.78 Å². The third-order valence-corrected chi connectivity index (χ3v) is 4.49. The summed E-state index contributed by atoms with van der Waals surface area (Å²) in [7, 11) is 0. The Morgan fingerprint density at radius 3 is 2.46 bits per heavy atom. The van der Waals surface area contributed by atoms with Crippen molar-refractivity contribution in [3.05, 3.63) is 65.9 Å². The topological polar surface area (TPSA) is 51.2 Å². The summed E-state index contributed by atoms with van der Waals surface area (Å²) in [6.07, 6.45) is 2.78. The van der Waals surface area contributed by atoms with Gasteiger partial charge in [0.25, 0.3) is 5.91 Å². The summed E-state index contributed by atoms with van der Waals surface area (Å²) in [5.74, 6) is 0.430. The highest BCUT2D eigenvalue weighted by Gasteiger charge is 2.18. The van der Waals surface area contributed by atoms with Crippen LogP contribution in [0.3, 0.4) is 0 Å². The Hall–Kier alpha value is -2.88. The lowest BCUT2D eigenvalue weighted by Gasteiger charge is -2.18. The lowest BCUT2D eigenvalue weighted by atomic mass is 10.0. The quantitative estimate of drug-likeness (QED) is 0.698. The number of rotatable bonds is 6. The van der Waals surface area contributed by atoms with Crippen molar-refractivity contribution in [3.8, 4) is 5.75 Å². The molecule has 0 radical (unpaired) electrons. The summed E-state index contributed by atoms with van der Waals surface area (Å²) in [5.41, 5.74) is 4.09. The highest BCUT2D eigenvalue weighted by molar-refractivity contribution is 5.95. The summed E-state index contributed by atoms with van der Waals surface area (Å²) >= 11 is 0. The van der Waals surface area contributed by atoms with Crippen LogP contribution in [0.1, 0.15) is 31.9 Å². The van der Waals surface area contributed by atoms with Gasteiger partial charge in [-0.2, -0.15) is 0 Å². The van der Waals surface area contributed by atoms with Gasteiger partial charge in [-0.25, -0.2) is 0 Å².